The lowest BCUT2D eigenvalue weighted by Gasteiger charge is -2.42. The van der Waals surface area contributed by atoms with Gasteiger partial charge >= 0.3 is 0 Å². The maximum absolute atomic E-state index is 12.7. The second-order valence-corrected chi connectivity index (χ2v) is 14.4. The highest BCUT2D eigenvalue weighted by Crippen LogP contribution is 2.51. The van der Waals surface area contributed by atoms with Crippen LogP contribution in [0.15, 0.2) is 52.5 Å². The van der Waals surface area contributed by atoms with E-state index in [1.165, 1.54) is 22.9 Å². The third-order valence-corrected chi connectivity index (χ3v) is 10.5. The number of nitrogens with zero attached hydrogens (tertiary/aromatic N) is 3. The summed E-state index contributed by atoms with van der Waals surface area (Å²) in [5.74, 6) is 1.10. The van der Waals surface area contributed by atoms with E-state index in [1.807, 2.05) is 0 Å². The Kier molecular flexibility index (Phi) is 6.29. The first-order chi connectivity index (χ1) is 16.6. The smallest absolute Gasteiger partial charge is 0.158 e. The van der Waals surface area contributed by atoms with E-state index in [2.05, 4.69) is 39.1 Å². The van der Waals surface area contributed by atoms with Gasteiger partial charge in [-0.2, -0.15) is 0 Å². The van der Waals surface area contributed by atoms with Crippen molar-refractivity contribution in [1.29, 1.82) is 0 Å². The van der Waals surface area contributed by atoms with Gasteiger partial charge in [-0.25, -0.2) is 9.97 Å². The van der Waals surface area contributed by atoms with Crippen molar-refractivity contribution in [3.8, 4) is 0 Å². The molecule has 2 heterocycles. The highest BCUT2D eigenvalue weighted by molar-refractivity contribution is 7.99. The summed E-state index contributed by atoms with van der Waals surface area (Å²) in [6.45, 7) is 5.03. The van der Waals surface area contributed by atoms with Gasteiger partial charge in [0, 0.05) is 29.7 Å². The molecule has 7 nitrogen and oxygen atoms in total. The van der Waals surface area contributed by atoms with Crippen molar-refractivity contribution in [3.63, 3.8) is 0 Å². The molecule has 0 saturated carbocycles. The molecule has 10 heteroatoms. The van der Waals surface area contributed by atoms with Gasteiger partial charge in [0.15, 0.2) is 5.82 Å². The molecule has 0 unspecified atom stereocenters. The largest absolute Gasteiger partial charge is 0.398 e. The third kappa shape index (κ3) is 4.42. The topological polar surface area (TPSA) is 124 Å². The Morgan fingerprint density at radius 1 is 1.14 bits per heavy atom. The minimum atomic E-state index is -2.65. The number of halogens is 1. The first-order valence-corrected chi connectivity index (χ1v) is 15.4. The SMILES string of the molecule is CP(C)(=O)c1c(N)ccc(Sc2ncc(N3CCC4(CC3)Cc3ccccc3[C@H]4N)nc2N)c1Cl. The van der Waals surface area contributed by atoms with Crippen LogP contribution in [0.4, 0.5) is 17.3 Å². The maximum atomic E-state index is 12.7. The third-order valence-electron chi connectivity index (χ3n) is 7.28. The van der Waals surface area contributed by atoms with Crippen molar-refractivity contribution in [2.24, 2.45) is 11.1 Å². The van der Waals surface area contributed by atoms with Crippen LogP contribution in [0.25, 0.3) is 0 Å². The average Bonchev–Trinajstić information content (AvgIpc) is 3.08. The molecule has 6 N–H and O–H groups in total. The van der Waals surface area contributed by atoms with Crippen LogP contribution in [0.1, 0.15) is 30.0 Å². The summed E-state index contributed by atoms with van der Waals surface area (Å²) in [6.07, 6.45) is 4.79. The number of anilines is 3. The number of rotatable bonds is 4. The predicted molar refractivity (Wildman–Crippen MR) is 146 cm³/mol. The lowest BCUT2D eigenvalue weighted by atomic mass is 9.73. The molecule has 1 fully saturated rings. The molecule has 0 amide bonds. The van der Waals surface area contributed by atoms with E-state index in [9.17, 15) is 4.57 Å². The van der Waals surface area contributed by atoms with Crippen LogP contribution < -0.4 is 27.4 Å². The van der Waals surface area contributed by atoms with Crippen molar-refractivity contribution in [3.05, 3.63) is 58.7 Å². The molecular formula is C25H30ClN6OPS. The number of hydrogen-bond acceptors (Lipinski definition) is 8. The van der Waals surface area contributed by atoms with Crippen molar-refractivity contribution in [2.45, 2.75) is 35.2 Å². The molecule has 2 aromatic carbocycles. The van der Waals surface area contributed by atoms with Crippen LogP contribution in [-0.2, 0) is 11.0 Å². The van der Waals surface area contributed by atoms with Crippen molar-refractivity contribution in [1.82, 2.24) is 9.97 Å². The van der Waals surface area contributed by atoms with Gasteiger partial charge < -0.3 is 26.7 Å². The minimum absolute atomic E-state index is 0.0758. The molecular weight excluding hydrogens is 499 g/mol. The van der Waals surface area contributed by atoms with Gasteiger partial charge in [0.2, 0.25) is 0 Å². The predicted octanol–water partition coefficient (Wildman–Crippen LogP) is 4.54. The fraction of sp³-hybridized carbons (Fsp3) is 0.360. The first-order valence-electron chi connectivity index (χ1n) is 11.6. The summed E-state index contributed by atoms with van der Waals surface area (Å²) in [5.41, 5.74) is 22.3. The van der Waals surface area contributed by atoms with Gasteiger partial charge in [-0.05, 0) is 61.3 Å². The first kappa shape index (κ1) is 24.4. The second kappa shape index (κ2) is 9.00. The monoisotopic (exact) mass is 528 g/mol. The van der Waals surface area contributed by atoms with E-state index in [1.54, 1.807) is 31.7 Å². The lowest BCUT2D eigenvalue weighted by Crippen LogP contribution is -2.44. The molecule has 0 radical (unpaired) electrons. The lowest BCUT2D eigenvalue weighted by molar-refractivity contribution is 0.187. The van der Waals surface area contributed by atoms with E-state index >= 15 is 0 Å². The average molecular weight is 529 g/mol. The summed E-state index contributed by atoms with van der Waals surface area (Å²) >= 11 is 7.88. The normalized spacial score (nSPS) is 19.2. The van der Waals surface area contributed by atoms with Crippen molar-refractivity contribution >= 4 is 53.1 Å². The quantitative estimate of drug-likeness (QED) is 0.333. The van der Waals surface area contributed by atoms with Gasteiger partial charge in [0.05, 0.1) is 16.5 Å². The van der Waals surface area contributed by atoms with Gasteiger partial charge in [0.1, 0.15) is 18.0 Å². The molecule has 1 aliphatic carbocycles. The Labute approximate surface area is 215 Å². The second-order valence-electron chi connectivity index (χ2n) is 9.89. The zero-order chi connectivity index (χ0) is 25.0. The fourth-order valence-electron chi connectivity index (χ4n) is 5.39. The zero-order valence-electron chi connectivity index (χ0n) is 19.9. The zero-order valence-corrected chi connectivity index (χ0v) is 22.3. The van der Waals surface area contributed by atoms with Gasteiger partial charge in [-0.1, -0.05) is 47.6 Å². The molecule has 1 atom stereocenters. The number of nitrogens with two attached hydrogens (primary N) is 3. The van der Waals surface area contributed by atoms with E-state index < -0.39 is 7.14 Å². The Morgan fingerprint density at radius 2 is 1.86 bits per heavy atom. The minimum Gasteiger partial charge on any atom is -0.398 e. The van der Waals surface area contributed by atoms with Gasteiger partial charge in [-0.15, -0.1) is 0 Å². The van der Waals surface area contributed by atoms with E-state index in [4.69, 9.17) is 28.8 Å². The van der Waals surface area contributed by atoms with E-state index in [-0.39, 0.29) is 11.5 Å². The number of fused-ring (bicyclic) bond motifs is 1. The standard InChI is InChI=1S/C25H30ClN6OPS/c1-34(2,33)21-17(27)7-8-18(20(21)26)35-24-23(29)31-19(14-30-24)32-11-9-25(10-12-32)13-15-5-3-4-6-16(15)22(25)28/h3-8,14,22H,9-13,27-28H2,1-2H3,(H2,29,31)/t22-/m1/s1. The Balaban J connectivity index is 1.31. The van der Waals surface area contributed by atoms with Crippen LogP contribution in [-0.4, -0.2) is 36.4 Å². The Hall–Kier alpha value is -2.25. The molecule has 3 aromatic rings. The number of aromatic nitrogens is 2. The van der Waals surface area contributed by atoms with Crippen LogP contribution in [0.3, 0.4) is 0 Å². The molecule has 1 spiro atoms. The summed E-state index contributed by atoms with van der Waals surface area (Å²) < 4.78 is 12.7. The maximum Gasteiger partial charge on any atom is 0.158 e. The highest BCUT2D eigenvalue weighted by atomic mass is 35.5. The number of benzene rings is 2. The molecule has 1 aliphatic heterocycles. The van der Waals surface area contributed by atoms with Crippen LogP contribution in [0.5, 0.6) is 0 Å². The van der Waals surface area contributed by atoms with Crippen molar-refractivity contribution < 1.29 is 4.57 Å². The summed E-state index contributed by atoms with van der Waals surface area (Å²) in [5, 5.41) is 1.42. The van der Waals surface area contributed by atoms with Crippen LogP contribution in [0, 0.1) is 5.41 Å². The number of nitrogen functional groups attached to an aromatic ring is 2. The van der Waals surface area contributed by atoms with Crippen LogP contribution in [0.2, 0.25) is 5.02 Å². The molecule has 2 aliphatic rings. The molecule has 5 rings (SSSR count). The van der Waals surface area contributed by atoms with Crippen molar-refractivity contribution in [2.75, 3.05) is 42.8 Å². The summed E-state index contributed by atoms with van der Waals surface area (Å²) in [6, 6.07) is 12.1. The summed E-state index contributed by atoms with van der Waals surface area (Å²) in [7, 11) is -2.65. The molecule has 184 valence electrons. The van der Waals surface area contributed by atoms with Crippen LogP contribution >= 0.6 is 30.5 Å². The van der Waals surface area contributed by atoms with E-state index in [0.29, 0.717) is 31.8 Å². The number of piperidine rings is 1. The Morgan fingerprint density at radius 3 is 2.51 bits per heavy atom. The number of hydrogen-bond donors (Lipinski definition) is 3. The molecule has 35 heavy (non-hydrogen) atoms. The molecule has 1 saturated heterocycles. The summed E-state index contributed by atoms with van der Waals surface area (Å²) in [4.78, 5) is 12.2. The molecule has 1 aromatic heterocycles. The fourth-order valence-corrected chi connectivity index (χ4v) is 8.45. The highest BCUT2D eigenvalue weighted by Gasteiger charge is 2.45. The Bertz CT molecular complexity index is 1340. The van der Waals surface area contributed by atoms with E-state index in [0.717, 1.165) is 38.2 Å². The van der Waals surface area contributed by atoms with Gasteiger partial charge in [-0.3, -0.25) is 0 Å². The molecule has 0 bridgehead atoms. The van der Waals surface area contributed by atoms with Gasteiger partial charge in [0.25, 0.3) is 0 Å².